The van der Waals surface area contributed by atoms with Gasteiger partial charge in [0.15, 0.2) is 0 Å². The van der Waals surface area contributed by atoms with Crippen LogP contribution in [0.5, 0.6) is 0 Å². The zero-order valence-corrected chi connectivity index (χ0v) is 22.1. The van der Waals surface area contributed by atoms with Gasteiger partial charge in [0, 0.05) is 54.2 Å². The first-order chi connectivity index (χ1) is 16.6. The first kappa shape index (κ1) is 25.7. The number of nitrogens with zero attached hydrogens (tertiary/aromatic N) is 2. The second kappa shape index (κ2) is 10.3. The van der Waals surface area contributed by atoms with Gasteiger partial charge in [0.25, 0.3) is 5.91 Å². The highest BCUT2D eigenvalue weighted by Crippen LogP contribution is 2.32. The average Bonchev–Trinajstić information content (AvgIpc) is 3.15. The number of anilines is 1. The van der Waals surface area contributed by atoms with E-state index in [0.717, 1.165) is 24.8 Å². The number of hydrogen-bond donors (Lipinski definition) is 2. The number of benzene rings is 1. The van der Waals surface area contributed by atoms with Gasteiger partial charge < -0.3 is 15.2 Å². The Morgan fingerprint density at radius 3 is 2.29 bits per heavy atom. The van der Waals surface area contributed by atoms with Gasteiger partial charge in [-0.1, -0.05) is 11.6 Å². The third-order valence-corrected chi connectivity index (χ3v) is 9.35. The highest BCUT2D eigenvalue weighted by molar-refractivity contribution is 7.89. The Bertz CT molecular complexity index is 1230. The van der Waals surface area contributed by atoms with Gasteiger partial charge in [0.1, 0.15) is 4.90 Å². The summed E-state index contributed by atoms with van der Waals surface area (Å²) in [6.07, 6.45) is 3.77. The van der Waals surface area contributed by atoms with E-state index < -0.39 is 10.0 Å². The Morgan fingerprint density at radius 1 is 1.00 bits per heavy atom. The quantitative estimate of drug-likeness (QED) is 0.614. The second-order valence-corrected chi connectivity index (χ2v) is 11.9. The molecule has 1 aromatic heterocycles. The summed E-state index contributed by atoms with van der Waals surface area (Å²) in [6, 6.07) is 5.28. The molecule has 0 atom stereocenters. The summed E-state index contributed by atoms with van der Waals surface area (Å²) >= 11 is 6.00. The number of H-pyrrole nitrogens is 1. The molecule has 2 aromatic rings. The topological polar surface area (TPSA) is 103 Å². The summed E-state index contributed by atoms with van der Waals surface area (Å²) in [4.78, 5) is 31.1. The summed E-state index contributed by atoms with van der Waals surface area (Å²) in [5, 5.41) is 3.55. The maximum absolute atomic E-state index is 13.7. The molecule has 3 heterocycles. The van der Waals surface area contributed by atoms with Crippen molar-refractivity contribution in [2.45, 2.75) is 57.8 Å². The number of nitrogens with one attached hydrogen (secondary N) is 2. The van der Waals surface area contributed by atoms with Crippen LogP contribution in [0, 0.1) is 26.7 Å². The number of aromatic nitrogens is 1. The number of hydrogen-bond acceptors (Lipinski definition) is 4. The lowest BCUT2D eigenvalue weighted by Gasteiger charge is -2.31. The Balaban J connectivity index is 1.48. The molecule has 2 N–H and O–H groups in total. The average molecular weight is 521 g/mol. The van der Waals surface area contributed by atoms with E-state index in [4.69, 9.17) is 11.6 Å². The van der Waals surface area contributed by atoms with Crippen molar-refractivity contribution in [3.63, 3.8) is 0 Å². The molecule has 2 fully saturated rings. The Hall–Kier alpha value is -2.36. The maximum Gasteiger partial charge on any atom is 0.257 e. The zero-order chi connectivity index (χ0) is 25.3. The van der Waals surface area contributed by atoms with Gasteiger partial charge in [-0.2, -0.15) is 4.31 Å². The molecule has 35 heavy (non-hydrogen) atoms. The molecule has 2 saturated heterocycles. The molecule has 8 nitrogen and oxygen atoms in total. The van der Waals surface area contributed by atoms with Crippen molar-refractivity contribution in [1.29, 1.82) is 0 Å². The number of halogens is 1. The second-order valence-electron chi connectivity index (χ2n) is 9.56. The molecule has 2 aliphatic rings. The van der Waals surface area contributed by atoms with Crippen molar-refractivity contribution in [2.75, 3.05) is 31.5 Å². The standard InChI is InChI=1S/C25H33ClN4O4S/c1-16-15-20(26)7-8-21(16)28-24(31)19-9-13-30(14-10-19)35(33,34)23-18(3)27-17(2)22(23)25(32)29-11-5-4-6-12-29/h7-8,15,19,27H,4-6,9-14H2,1-3H3,(H,28,31). The zero-order valence-electron chi connectivity index (χ0n) is 20.5. The Morgan fingerprint density at radius 2 is 1.66 bits per heavy atom. The van der Waals surface area contributed by atoms with E-state index in [9.17, 15) is 18.0 Å². The van der Waals surface area contributed by atoms with Crippen molar-refractivity contribution in [2.24, 2.45) is 5.92 Å². The molecule has 0 unspecified atom stereocenters. The smallest absolute Gasteiger partial charge is 0.257 e. The number of rotatable bonds is 5. The molecule has 2 aliphatic heterocycles. The van der Waals surface area contributed by atoms with Crippen LogP contribution in [0.15, 0.2) is 23.1 Å². The molecule has 0 aliphatic carbocycles. The molecular weight excluding hydrogens is 488 g/mol. The largest absolute Gasteiger partial charge is 0.361 e. The van der Waals surface area contributed by atoms with Gasteiger partial charge in [-0.25, -0.2) is 8.42 Å². The van der Waals surface area contributed by atoms with Crippen LogP contribution >= 0.6 is 11.6 Å². The Labute approximate surface area is 212 Å². The first-order valence-corrected chi connectivity index (χ1v) is 14.0. The van der Waals surface area contributed by atoms with Gasteiger partial charge in [-0.05, 0) is 76.6 Å². The monoisotopic (exact) mass is 520 g/mol. The highest BCUT2D eigenvalue weighted by atomic mass is 35.5. The van der Waals surface area contributed by atoms with E-state index in [1.807, 2.05) is 6.92 Å². The molecule has 0 bridgehead atoms. The van der Waals surface area contributed by atoms with Crippen LogP contribution < -0.4 is 5.32 Å². The van der Waals surface area contributed by atoms with Gasteiger partial charge in [-0.3, -0.25) is 9.59 Å². The van der Waals surface area contributed by atoms with Gasteiger partial charge in [-0.15, -0.1) is 0 Å². The SMILES string of the molecule is Cc1cc(Cl)ccc1NC(=O)C1CCN(S(=O)(=O)c2c(C)[nH]c(C)c2C(=O)N2CCCCC2)CC1. The van der Waals surface area contributed by atoms with Crippen molar-refractivity contribution < 1.29 is 18.0 Å². The van der Waals surface area contributed by atoms with Crippen LogP contribution in [-0.2, 0) is 14.8 Å². The number of aryl methyl sites for hydroxylation is 3. The van der Waals surface area contributed by atoms with Crippen molar-refractivity contribution in [3.8, 4) is 0 Å². The summed E-state index contributed by atoms with van der Waals surface area (Å²) < 4.78 is 28.8. The van der Waals surface area contributed by atoms with Gasteiger partial charge in [0.2, 0.25) is 15.9 Å². The van der Waals surface area contributed by atoms with Crippen LogP contribution in [0.25, 0.3) is 0 Å². The normalized spacial score (nSPS) is 18.0. The lowest BCUT2D eigenvalue weighted by atomic mass is 9.97. The number of amides is 2. The fourth-order valence-electron chi connectivity index (χ4n) is 5.08. The van der Waals surface area contributed by atoms with Crippen molar-refractivity contribution in [1.82, 2.24) is 14.2 Å². The molecular formula is C25H33ClN4O4S. The minimum Gasteiger partial charge on any atom is -0.361 e. The fourth-order valence-corrected chi connectivity index (χ4v) is 7.20. The van der Waals surface area contributed by atoms with E-state index in [1.54, 1.807) is 36.9 Å². The molecule has 0 spiro atoms. The third-order valence-electron chi connectivity index (χ3n) is 7.04. The molecule has 10 heteroatoms. The molecule has 1 aromatic carbocycles. The Kier molecular flexibility index (Phi) is 7.59. The van der Waals surface area contributed by atoms with Crippen LogP contribution in [0.4, 0.5) is 5.69 Å². The lowest BCUT2D eigenvalue weighted by Crippen LogP contribution is -2.42. The number of piperidine rings is 2. The van der Waals surface area contributed by atoms with E-state index >= 15 is 0 Å². The van der Waals surface area contributed by atoms with Crippen LogP contribution in [0.2, 0.25) is 5.02 Å². The number of carbonyl (C=O) groups is 2. The maximum atomic E-state index is 13.7. The minimum absolute atomic E-state index is 0.0743. The van der Waals surface area contributed by atoms with Crippen LogP contribution in [0.1, 0.15) is 59.4 Å². The molecule has 2 amide bonds. The summed E-state index contributed by atoms with van der Waals surface area (Å²) in [5.41, 5.74) is 2.87. The predicted molar refractivity (Wildman–Crippen MR) is 136 cm³/mol. The molecule has 0 saturated carbocycles. The van der Waals surface area contributed by atoms with Crippen LogP contribution in [0.3, 0.4) is 0 Å². The van der Waals surface area contributed by atoms with Crippen LogP contribution in [-0.4, -0.2) is 60.6 Å². The lowest BCUT2D eigenvalue weighted by molar-refractivity contribution is -0.120. The highest BCUT2D eigenvalue weighted by Gasteiger charge is 2.38. The van der Waals surface area contributed by atoms with E-state index in [0.29, 0.717) is 48.0 Å². The van der Waals surface area contributed by atoms with E-state index in [2.05, 4.69) is 10.3 Å². The molecule has 4 rings (SSSR count). The van der Waals surface area contributed by atoms with Gasteiger partial charge in [0.05, 0.1) is 5.56 Å². The first-order valence-electron chi connectivity index (χ1n) is 12.1. The predicted octanol–water partition coefficient (Wildman–Crippen LogP) is 4.26. The van der Waals surface area contributed by atoms with Gasteiger partial charge >= 0.3 is 0 Å². The number of carbonyl (C=O) groups excluding carboxylic acids is 2. The molecule has 190 valence electrons. The summed E-state index contributed by atoms with van der Waals surface area (Å²) in [7, 11) is -3.90. The third kappa shape index (κ3) is 5.27. The minimum atomic E-state index is -3.90. The number of aromatic amines is 1. The van der Waals surface area contributed by atoms with Crippen molar-refractivity contribution >= 4 is 39.1 Å². The molecule has 0 radical (unpaired) electrons. The van der Waals surface area contributed by atoms with E-state index in [-0.39, 0.29) is 41.3 Å². The number of likely N-dealkylation sites (tertiary alicyclic amines) is 1. The fraction of sp³-hybridized carbons (Fsp3) is 0.520. The van der Waals surface area contributed by atoms with Crippen molar-refractivity contribution in [3.05, 3.63) is 45.7 Å². The number of sulfonamides is 1. The van der Waals surface area contributed by atoms with E-state index in [1.165, 1.54) is 4.31 Å². The summed E-state index contributed by atoms with van der Waals surface area (Å²) in [5.74, 6) is -0.639. The summed E-state index contributed by atoms with van der Waals surface area (Å²) in [6.45, 7) is 7.06.